The molecule has 2 fully saturated rings. The number of hydrogen-bond acceptors (Lipinski definition) is 8. The molecule has 9 heteroatoms. The van der Waals surface area contributed by atoms with E-state index in [1.807, 2.05) is 0 Å². The predicted octanol–water partition coefficient (Wildman–Crippen LogP) is 4.62. The number of ketones is 1. The molecule has 0 bridgehead atoms. The molecule has 0 saturated carbocycles. The van der Waals surface area contributed by atoms with Gasteiger partial charge in [0.15, 0.2) is 12.1 Å². The third-order valence-electron chi connectivity index (χ3n) is 8.04. The van der Waals surface area contributed by atoms with Crippen molar-refractivity contribution in [2.24, 2.45) is 5.92 Å². The molecule has 2 aliphatic heterocycles. The lowest BCUT2D eigenvalue weighted by molar-refractivity contribution is -0.155. The number of methoxy groups -OCH3 is 1. The first-order valence-electron chi connectivity index (χ1n) is 14.8. The van der Waals surface area contributed by atoms with Crippen LogP contribution in [-0.2, 0) is 22.4 Å². The van der Waals surface area contributed by atoms with Crippen LogP contribution in [0.15, 0.2) is 36.8 Å². The van der Waals surface area contributed by atoms with Crippen molar-refractivity contribution in [3.05, 3.63) is 47.9 Å². The molecule has 216 valence electrons. The molecular weight excluding hydrogens is 506 g/mol. The largest absolute Gasteiger partial charge is 0.497 e. The van der Waals surface area contributed by atoms with Gasteiger partial charge in [0.25, 0.3) is 0 Å². The van der Waals surface area contributed by atoms with Gasteiger partial charge in [0, 0.05) is 56.3 Å². The Bertz CT molecular complexity index is 1230. The molecule has 0 radical (unpaired) electrons. The summed E-state index contributed by atoms with van der Waals surface area (Å²) in [7, 11) is 1.72. The Balaban J connectivity index is 1.04. The zero-order chi connectivity index (χ0) is 27.7. The molecule has 40 heavy (non-hydrogen) atoms. The van der Waals surface area contributed by atoms with Crippen molar-refractivity contribution in [2.75, 3.05) is 51.4 Å². The number of Topliss-reactive ketones (excluding diaryl/α,β-unsaturated/α-hetero) is 1. The number of anilines is 1. The topological polar surface area (TPSA) is 90.7 Å². The van der Waals surface area contributed by atoms with E-state index in [4.69, 9.17) is 14.2 Å². The van der Waals surface area contributed by atoms with Gasteiger partial charge < -0.3 is 29.0 Å². The van der Waals surface area contributed by atoms with Crippen LogP contribution in [0.4, 0.5) is 5.95 Å². The molecule has 3 aromatic rings. The van der Waals surface area contributed by atoms with E-state index in [0.717, 1.165) is 83.4 Å². The van der Waals surface area contributed by atoms with Gasteiger partial charge >= 0.3 is 0 Å². The van der Waals surface area contributed by atoms with E-state index in [-0.39, 0.29) is 18.7 Å². The highest BCUT2D eigenvalue weighted by molar-refractivity contribution is 5.96. The molecular formula is C31H43N5O4. The summed E-state index contributed by atoms with van der Waals surface area (Å²) in [6.07, 6.45) is 12.6. The average molecular weight is 550 g/mol. The molecule has 0 amide bonds. The number of nitrogens with one attached hydrogen (secondary N) is 1. The number of carbonyl (C=O) groups is 1. The highest BCUT2D eigenvalue weighted by Gasteiger charge is 2.22. The van der Waals surface area contributed by atoms with Crippen molar-refractivity contribution in [3.63, 3.8) is 0 Å². The summed E-state index contributed by atoms with van der Waals surface area (Å²) in [5.41, 5.74) is 3.13. The van der Waals surface area contributed by atoms with Crippen LogP contribution in [0.5, 0.6) is 5.75 Å². The van der Waals surface area contributed by atoms with Crippen LogP contribution in [0.3, 0.4) is 0 Å². The number of fused-ring (bicyclic) bond motifs is 1. The van der Waals surface area contributed by atoms with Gasteiger partial charge in [0.1, 0.15) is 12.4 Å². The van der Waals surface area contributed by atoms with Gasteiger partial charge in [-0.25, -0.2) is 9.97 Å². The Morgan fingerprint density at radius 3 is 2.70 bits per heavy atom. The number of ether oxygens (including phenoxy) is 3. The lowest BCUT2D eigenvalue weighted by Crippen LogP contribution is -2.38. The minimum atomic E-state index is -0.272. The van der Waals surface area contributed by atoms with Crippen molar-refractivity contribution in [1.82, 2.24) is 19.9 Å². The van der Waals surface area contributed by atoms with Gasteiger partial charge in [-0.3, -0.25) is 4.79 Å². The fraction of sp³-hybridized carbons (Fsp3) is 0.581. The minimum absolute atomic E-state index is 0.00130. The van der Waals surface area contributed by atoms with Crippen LogP contribution in [0, 0.1) is 5.92 Å². The molecule has 1 unspecified atom stereocenters. The van der Waals surface area contributed by atoms with Gasteiger partial charge in [0.05, 0.1) is 18.2 Å². The normalized spacial score (nSPS) is 18.4. The maximum atomic E-state index is 12.5. The maximum absolute atomic E-state index is 12.5. The van der Waals surface area contributed by atoms with E-state index in [0.29, 0.717) is 24.0 Å². The third-order valence-corrected chi connectivity index (χ3v) is 8.04. The molecule has 2 saturated heterocycles. The van der Waals surface area contributed by atoms with Crippen LogP contribution in [0.2, 0.25) is 0 Å². The minimum Gasteiger partial charge on any atom is -0.497 e. The van der Waals surface area contributed by atoms with Gasteiger partial charge in [-0.2, -0.15) is 0 Å². The molecule has 4 heterocycles. The second-order valence-corrected chi connectivity index (χ2v) is 10.9. The zero-order valence-electron chi connectivity index (χ0n) is 23.9. The summed E-state index contributed by atoms with van der Waals surface area (Å²) in [5.74, 6) is 2.13. The van der Waals surface area contributed by atoms with E-state index >= 15 is 0 Å². The van der Waals surface area contributed by atoms with Crippen LogP contribution < -0.4 is 15.0 Å². The first kappa shape index (κ1) is 28.5. The Morgan fingerprint density at radius 1 is 1.15 bits per heavy atom. The van der Waals surface area contributed by atoms with Gasteiger partial charge in [-0.1, -0.05) is 6.92 Å². The molecule has 1 aromatic carbocycles. The fourth-order valence-corrected chi connectivity index (χ4v) is 5.69. The number of carbonyl (C=O) groups excluding carboxylic acids is 1. The van der Waals surface area contributed by atoms with Gasteiger partial charge in [-0.15, -0.1) is 0 Å². The summed E-state index contributed by atoms with van der Waals surface area (Å²) in [6, 6.07) is 6.39. The summed E-state index contributed by atoms with van der Waals surface area (Å²) in [6.45, 7) is 7.77. The van der Waals surface area contributed by atoms with E-state index < -0.39 is 0 Å². The fourth-order valence-electron chi connectivity index (χ4n) is 5.69. The number of nitrogens with zero attached hydrogens (tertiary/aromatic N) is 4. The number of hydrogen-bond donors (Lipinski definition) is 1. The quantitative estimate of drug-likeness (QED) is 0.244. The average Bonchev–Trinajstić information content (AvgIpc) is 3.35. The Hall–Kier alpha value is -3.01. The van der Waals surface area contributed by atoms with Gasteiger partial charge in [0.2, 0.25) is 5.95 Å². The molecule has 9 nitrogen and oxygen atoms in total. The van der Waals surface area contributed by atoms with Crippen molar-refractivity contribution in [2.45, 2.75) is 64.7 Å². The Kier molecular flexibility index (Phi) is 10.0. The lowest BCUT2D eigenvalue weighted by atomic mass is 9.97. The summed E-state index contributed by atoms with van der Waals surface area (Å²) in [5, 5.41) is 5.02. The SMILES string of the molecule is CCCn1cc(CCNCC2CCN(c3ncc(C(=O)COC4CCCCO4)cn3)CC2)c2ccc(OC)cc21. The lowest BCUT2D eigenvalue weighted by Gasteiger charge is -2.32. The smallest absolute Gasteiger partial charge is 0.225 e. The second-order valence-electron chi connectivity index (χ2n) is 10.9. The van der Waals surface area contributed by atoms with E-state index in [1.165, 1.54) is 16.5 Å². The molecule has 2 aliphatic rings. The van der Waals surface area contributed by atoms with E-state index in [9.17, 15) is 4.79 Å². The van der Waals surface area contributed by atoms with E-state index in [1.54, 1.807) is 19.5 Å². The van der Waals surface area contributed by atoms with Gasteiger partial charge in [-0.05, 0) is 81.6 Å². The molecule has 2 aromatic heterocycles. The second kappa shape index (κ2) is 14.1. The molecule has 1 N–H and O–H groups in total. The van der Waals surface area contributed by atoms with E-state index in [2.05, 4.69) is 56.1 Å². The molecule has 0 spiro atoms. The number of benzene rings is 1. The number of aryl methyl sites for hydroxylation is 1. The number of aromatic nitrogens is 3. The summed E-state index contributed by atoms with van der Waals surface area (Å²) in [4.78, 5) is 23.7. The van der Waals surface area contributed by atoms with Crippen molar-refractivity contribution in [1.29, 1.82) is 0 Å². The monoisotopic (exact) mass is 549 g/mol. The Labute approximate surface area is 237 Å². The molecule has 5 rings (SSSR count). The van der Waals surface area contributed by atoms with Crippen LogP contribution in [0.25, 0.3) is 10.9 Å². The molecule has 1 atom stereocenters. The van der Waals surface area contributed by atoms with Crippen molar-refractivity contribution in [3.8, 4) is 5.75 Å². The van der Waals surface area contributed by atoms with Crippen LogP contribution >= 0.6 is 0 Å². The first-order chi connectivity index (χ1) is 19.6. The predicted molar refractivity (Wildman–Crippen MR) is 156 cm³/mol. The third kappa shape index (κ3) is 7.19. The highest BCUT2D eigenvalue weighted by Crippen LogP contribution is 2.27. The molecule has 0 aliphatic carbocycles. The van der Waals surface area contributed by atoms with Crippen molar-refractivity contribution >= 4 is 22.6 Å². The highest BCUT2D eigenvalue weighted by atomic mass is 16.7. The number of piperidine rings is 1. The first-order valence-corrected chi connectivity index (χ1v) is 14.8. The van der Waals surface area contributed by atoms with Crippen molar-refractivity contribution < 1.29 is 19.0 Å². The summed E-state index contributed by atoms with van der Waals surface area (Å²) >= 11 is 0. The van der Waals surface area contributed by atoms with Crippen LogP contribution in [0.1, 0.15) is 61.4 Å². The zero-order valence-corrected chi connectivity index (χ0v) is 23.9. The maximum Gasteiger partial charge on any atom is 0.225 e. The Morgan fingerprint density at radius 2 is 1.98 bits per heavy atom. The van der Waals surface area contributed by atoms with Crippen LogP contribution in [-0.4, -0.2) is 73.1 Å². The summed E-state index contributed by atoms with van der Waals surface area (Å²) < 4.78 is 18.9. The number of rotatable bonds is 13. The standard InChI is InChI=1S/C31H43N5O4/c1-3-13-36-21-24(27-8-7-26(38-2)17-28(27)36)9-12-32-18-23-10-14-35(15-11-23)31-33-19-25(20-34-31)29(37)22-40-30-6-4-5-16-39-30/h7-8,17,19-21,23,30,32H,3-6,9-16,18,22H2,1-2H3.